The topological polar surface area (TPSA) is 76.1 Å². The molecule has 0 saturated heterocycles. The van der Waals surface area contributed by atoms with Gasteiger partial charge in [0.1, 0.15) is 5.82 Å². The molecule has 1 saturated carbocycles. The highest BCUT2D eigenvalue weighted by atomic mass is 32.1. The number of benzene rings is 1. The molecule has 0 radical (unpaired) electrons. The van der Waals surface area contributed by atoms with Crippen molar-refractivity contribution in [1.82, 2.24) is 15.3 Å². The fraction of sp³-hybridized carbons (Fsp3) is 0.350. The Morgan fingerprint density at radius 3 is 3.04 bits per heavy atom. The highest BCUT2D eigenvalue weighted by Crippen LogP contribution is 2.30. The average Bonchev–Trinajstić information content (AvgIpc) is 3.28. The fourth-order valence-corrected chi connectivity index (χ4v) is 4.45. The molecule has 1 aliphatic carbocycles. The van der Waals surface area contributed by atoms with Gasteiger partial charge in [0.2, 0.25) is 0 Å². The molecular weight excluding hydrogens is 379 g/mol. The van der Waals surface area contributed by atoms with E-state index in [1.54, 1.807) is 24.4 Å². The Balaban J connectivity index is 1.46. The number of anilines is 1. The largest absolute Gasteiger partial charge is 0.491 e. The Labute approximate surface area is 166 Å². The monoisotopic (exact) mass is 400 g/mol. The third-order valence-electron chi connectivity index (χ3n) is 4.78. The number of fused-ring (bicyclic) bond motifs is 1. The smallest absolute Gasteiger partial charge is 0.274 e. The maximum Gasteiger partial charge on any atom is 0.274 e. The molecule has 4 rings (SSSR count). The van der Waals surface area contributed by atoms with Crippen LogP contribution in [0.5, 0.6) is 5.75 Å². The number of hydrogen-bond donors (Lipinski definition) is 2. The summed E-state index contributed by atoms with van der Waals surface area (Å²) in [6.45, 7) is 2.34. The van der Waals surface area contributed by atoms with Gasteiger partial charge in [0.05, 0.1) is 16.8 Å². The van der Waals surface area contributed by atoms with Crippen molar-refractivity contribution in [2.45, 2.75) is 38.3 Å². The number of nitrogens with one attached hydrogen (secondary N) is 2. The van der Waals surface area contributed by atoms with E-state index in [0.717, 1.165) is 34.6 Å². The molecule has 2 aromatic heterocycles. The lowest BCUT2D eigenvalue weighted by molar-refractivity contribution is 0.0926. The van der Waals surface area contributed by atoms with Crippen LogP contribution in [0.1, 0.15) is 36.7 Å². The summed E-state index contributed by atoms with van der Waals surface area (Å²) in [7, 11) is 0. The van der Waals surface area contributed by atoms with Gasteiger partial charge in [-0.05, 0) is 56.5 Å². The number of carbonyl (C=O) groups excluding carboxylic acids is 1. The summed E-state index contributed by atoms with van der Waals surface area (Å²) in [5.74, 6) is -0.0264. The first-order chi connectivity index (χ1) is 13.6. The zero-order chi connectivity index (χ0) is 19.5. The molecule has 28 heavy (non-hydrogen) atoms. The van der Waals surface area contributed by atoms with E-state index in [4.69, 9.17) is 4.74 Å². The number of thiazole rings is 1. The Bertz CT molecular complexity index is 993. The molecule has 1 fully saturated rings. The second-order valence-corrected chi connectivity index (χ2v) is 7.71. The lowest BCUT2D eigenvalue weighted by Gasteiger charge is -2.22. The maximum absolute atomic E-state index is 13.4. The number of rotatable bonds is 6. The molecule has 1 aliphatic rings. The summed E-state index contributed by atoms with van der Waals surface area (Å²) >= 11 is 1.42. The Morgan fingerprint density at radius 1 is 1.32 bits per heavy atom. The van der Waals surface area contributed by atoms with Crippen LogP contribution < -0.4 is 15.4 Å². The van der Waals surface area contributed by atoms with Crippen molar-refractivity contribution in [3.05, 3.63) is 48.0 Å². The van der Waals surface area contributed by atoms with Crippen LogP contribution in [0.25, 0.3) is 10.2 Å². The number of nitrogens with zero attached hydrogens (tertiary/aromatic N) is 2. The molecule has 1 amide bonds. The second-order valence-electron chi connectivity index (χ2n) is 6.68. The third-order valence-corrected chi connectivity index (χ3v) is 5.73. The van der Waals surface area contributed by atoms with Crippen molar-refractivity contribution in [2.75, 3.05) is 11.9 Å². The van der Waals surface area contributed by atoms with Gasteiger partial charge in [0.25, 0.3) is 5.91 Å². The summed E-state index contributed by atoms with van der Waals surface area (Å²) in [5.41, 5.74) is 1.06. The highest BCUT2D eigenvalue weighted by molar-refractivity contribution is 7.22. The molecule has 6 nitrogen and oxygen atoms in total. The zero-order valence-electron chi connectivity index (χ0n) is 15.4. The Morgan fingerprint density at radius 2 is 2.18 bits per heavy atom. The van der Waals surface area contributed by atoms with Gasteiger partial charge in [-0.3, -0.25) is 4.79 Å². The first-order valence-electron chi connectivity index (χ1n) is 9.35. The van der Waals surface area contributed by atoms with Gasteiger partial charge < -0.3 is 15.4 Å². The van der Waals surface area contributed by atoms with E-state index < -0.39 is 0 Å². The van der Waals surface area contributed by atoms with Crippen LogP contribution >= 0.6 is 11.3 Å². The van der Waals surface area contributed by atoms with E-state index in [1.807, 2.05) is 6.92 Å². The number of amides is 1. The minimum atomic E-state index is -0.269. The zero-order valence-corrected chi connectivity index (χ0v) is 16.3. The SMILES string of the molecule is CCOc1cccnc1C(=O)NC1CCC[C@@H]1Nc1nc2ccc(F)cc2s1. The number of ether oxygens (including phenoxy) is 1. The second kappa shape index (κ2) is 8.10. The molecule has 2 heterocycles. The van der Waals surface area contributed by atoms with Crippen molar-refractivity contribution in [1.29, 1.82) is 0 Å². The molecule has 1 aromatic carbocycles. The van der Waals surface area contributed by atoms with Crippen molar-refractivity contribution < 1.29 is 13.9 Å². The van der Waals surface area contributed by atoms with Crippen molar-refractivity contribution >= 4 is 32.6 Å². The summed E-state index contributed by atoms with van der Waals surface area (Å²) in [6, 6.07) is 8.10. The Kier molecular flexibility index (Phi) is 5.38. The lowest BCUT2D eigenvalue weighted by Crippen LogP contribution is -2.43. The quantitative estimate of drug-likeness (QED) is 0.654. The lowest BCUT2D eigenvalue weighted by atomic mass is 10.1. The summed E-state index contributed by atoms with van der Waals surface area (Å²) in [4.78, 5) is 21.4. The standard InChI is InChI=1S/C20H21FN4O2S/c1-2-27-16-7-4-10-22-18(16)19(26)23-13-5-3-6-14(13)24-20-25-15-9-8-12(21)11-17(15)28-20/h4,7-11,13-14H,2-3,5-6H2,1H3,(H,23,26)(H,24,25)/t13?,14-/m0/s1. The van der Waals surface area contributed by atoms with Gasteiger partial charge in [-0.2, -0.15) is 0 Å². The van der Waals surface area contributed by atoms with E-state index in [0.29, 0.717) is 18.1 Å². The van der Waals surface area contributed by atoms with E-state index in [1.165, 1.54) is 23.5 Å². The molecule has 2 N–H and O–H groups in total. The summed E-state index contributed by atoms with van der Waals surface area (Å²) in [5, 5.41) is 7.23. The van der Waals surface area contributed by atoms with E-state index >= 15 is 0 Å². The normalized spacial score (nSPS) is 18.9. The van der Waals surface area contributed by atoms with Crippen molar-refractivity contribution in [2.24, 2.45) is 0 Å². The van der Waals surface area contributed by atoms with Crippen LogP contribution in [-0.2, 0) is 0 Å². The van der Waals surface area contributed by atoms with Crippen LogP contribution in [-0.4, -0.2) is 34.6 Å². The van der Waals surface area contributed by atoms with E-state index in [9.17, 15) is 9.18 Å². The maximum atomic E-state index is 13.4. The minimum Gasteiger partial charge on any atom is -0.491 e. The molecular formula is C20H21FN4O2S. The van der Waals surface area contributed by atoms with Crippen LogP contribution in [0.2, 0.25) is 0 Å². The van der Waals surface area contributed by atoms with Gasteiger partial charge in [-0.1, -0.05) is 11.3 Å². The summed E-state index contributed by atoms with van der Waals surface area (Å²) < 4.78 is 19.7. The van der Waals surface area contributed by atoms with Gasteiger partial charge in [-0.15, -0.1) is 0 Å². The molecule has 0 bridgehead atoms. The van der Waals surface area contributed by atoms with Crippen molar-refractivity contribution in [3.8, 4) is 5.75 Å². The summed E-state index contributed by atoms with van der Waals surface area (Å²) in [6.07, 6.45) is 4.39. The third kappa shape index (κ3) is 3.91. The predicted molar refractivity (Wildman–Crippen MR) is 107 cm³/mol. The first-order valence-corrected chi connectivity index (χ1v) is 10.2. The van der Waals surface area contributed by atoms with Crippen LogP contribution in [0.4, 0.5) is 9.52 Å². The first kappa shape index (κ1) is 18.6. The molecule has 0 aliphatic heterocycles. The highest BCUT2D eigenvalue weighted by Gasteiger charge is 2.30. The van der Waals surface area contributed by atoms with Gasteiger partial charge in [-0.25, -0.2) is 14.4 Å². The average molecular weight is 400 g/mol. The number of halogens is 1. The molecule has 3 aromatic rings. The number of pyridine rings is 1. The minimum absolute atomic E-state index is 0.0345. The molecule has 146 valence electrons. The number of aromatic nitrogens is 2. The predicted octanol–water partition coefficient (Wildman–Crippen LogP) is 3.99. The fourth-order valence-electron chi connectivity index (χ4n) is 3.49. The van der Waals surface area contributed by atoms with Crippen LogP contribution in [0, 0.1) is 5.82 Å². The van der Waals surface area contributed by atoms with Gasteiger partial charge in [0, 0.05) is 18.3 Å². The van der Waals surface area contributed by atoms with E-state index in [2.05, 4.69) is 20.6 Å². The van der Waals surface area contributed by atoms with Crippen LogP contribution in [0.15, 0.2) is 36.5 Å². The number of carbonyl (C=O) groups is 1. The number of hydrogen-bond acceptors (Lipinski definition) is 6. The van der Waals surface area contributed by atoms with Gasteiger partial charge >= 0.3 is 0 Å². The molecule has 2 atom stereocenters. The molecule has 0 spiro atoms. The Hall–Kier alpha value is -2.74. The van der Waals surface area contributed by atoms with E-state index in [-0.39, 0.29) is 23.8 Å². The van der Waals surface area contributed by atoms with Crippen LogP contribution in [0.3, 0.4) is 0 Å². The van der Waals surface area contributed by atoms with Crippen molar-refractivity contribution in [3.63, 3.8) is 0 Å². The van der Waals surface area contributed by atoms with Gasteiger partial charge in [0.15, 0.2) is 16.6 Å². The molecule has 8 heteroatoms. The molecule has 1 unspecified atom stereocenters.